The molecule has 1 aliphatic heterocycles. The fraction of sp³-hybridized carbons (Fsp3) is 0.417. The number of ether oxygens (including phenoxy) is 1. The van der Waals surface area contributed by atoms with Gasteiger partial charge in [-0.3, -0.25) is 0 Å². The molecule has 1 atom stereocenters. The third-order valence-corrected chi connectivity index (χ3v) is 2.97. The summed E-state index contributed by atoms with van der Waals surface area (Å²) in [5, 5.41) is 4.84. The summed E-state index contributed by atoms with van der Waals surface area (Å²) in [5.41, 5.74) is -0.925. The number of amides is 2. The lowest BCUT2D eigenvalue weighted by molar-refractivity contribution is -0.137. The van der Waals surface area contributed by atoms with E-state index >= 15 is 0 Å². The zero-order chi connectivity index (χ0) is 14.8. The number of carbonyl (C=O) groups excluding carboxylic acids is 1. The number of anilines is 1. The van der Waals surface area contributed by atoms with Gasteiger partial charge in [0.15, 0.2) is 0 Å². The number of urea groups is 1. The first-order valence-corrected chi connectivity index (χ1v) is 6.25. The van der Waals surface area contributed by atoms with E-state index in [2.05, 4.69) is 10.6 Å². The molecule has 0 aliphatic carbocycles. The van der Waals surface area contributed by atoms with Crippen LogP contribution in [0, 0.1) is 0 Å². The standard InChI is InChI=1S/C12H12ClF3N2O2/c13-8-3-7(12(14,15)16)4-10(5-8)18-11(19)17-9-1-2-20-6-9/h3-5,9H,1-2,6H2,(H2,17,18,19). The molecule has 0 radical (unpaired) electrons. The fourth-order valence-corrected chi connectivity index (χ4v) is 2.06. The predicted molar refractivity (Wildman–Crippen MR) is 67.8 cm³/mol. The summed E-state index contributed by atoms with van der Waals surface area (Å²) < 4.78 is 42.9. The van der Waals surface area contributed by atoms with Crippen molar-refractivity contribution in [2.75, 3.05) is 18.5 Å². The molecule has 1 unspecified atom stereocenters. The van der Waals surface area contributed by atoms with Crippen LogP contribution in [-0.4, -0.2) is 25.3 Å². The molecular weight excluding hydrogens is 297 g/mol. The van der Waals surface area contributed by atoms with Gasteiger partial charge < -0.3 is 15.4 Å². The number of hydrogen-bond donors (Lipinski definition) is 2. The molecule has 1 aromatic rings. The maximum absolute atomic E-state index is 12.6. The first kappa shape index (κ1) is 14.9. The van der Waals surface area contributed by atoms with Crippen LogP contribution in [0.2, 0.25) is 5.02 Å². The van der Waals surface area contributed by atoms with Crippen molar-refractivity contribution in [2.24, 2.45) is 0 Å². The highest BCUT2D eigenvalue weighted by Gasteiger charge is 2.31. The Hall–Kier alpha value is -1.47. The van der Waals surface area contributed by atoms with Crippen molar-refractivity contribution in [2.45, 2.75) is 18.6 Å². The van der Waals surface area contributed by atoms with E-state index in [4.69, 9.17) is 16.3 Å². The van der Waals surface area contributed by atoms with Crippen LogP contribution in [0.5, 0.6) is 0 Å². The van der Waals surface area contributed by atoms with Gasteiger partial charge in [-0.1, -0.05) is 11.6 Å². The molecule has 20 heavy (non-hydrogen) atoms. The molecule has 0 saturated carbocycles. The van der Waals surface area contributed by atoms with Crippen molar-refractivity contribution in [1.29, 1.82) is 0 Å². The smallest absolute Gasteiger partial charge is 0.379 e. The van der Waals surface area contributed by atoms with E-state index in [0.717, 1.165) is 12.1 Å². The first-order chi connectivity index (χ1) is 9.34. The lowest BCUT2D eigenvalue weighted by atomic mass is 10.2. The highest BCUT2D eigenvalue weighted by atomic mass is 35.5. The van der Waals surface area contributed by atoms with Gasteiger partial charge >= 0.3 is 12.2 Å². The molecule has 1 heterocycles. The monoisotopic (exact) mass is 308 g/mol. The molecule has 0 bridgehead atoms. The average molecular weight is 309 g/mol. The van der Waals surface area contributed by atoms with E-state index in [1.54, 1.807) is 0 Å². The normalized spacial score (nSPS) is 18.9. The third kappa shape index (κ3) is 4.01. The number of alkyl halides is 3. The van der Waals surface area contributed by atoms with Gasteiger partial charge in [0.1, 0.15) is 0 Å². The zero-order valence-electron chi connectivity index (χ0n) is 10.3. The average Bonchev–Trinajstić information content (AvgIpc) is 2.79. The van der Waals surface area contributed by atoms with Crippen LogP contribution < -0.4 is 10.6 Å². The molecule has 2 amide bonds. The van der Waals surface area contributed by atoms with E-state index < -0.39 is 17.8 Å². The Labute approximate surface area is 118 Å². The maximum Gasteiger partial charge on any atom is 0.416 e. The zero-order valence-corrected chi connectivity index (χ0v) is 11.0. The number of carbonyl (C=O) groups is 1. The summed E-state index contributed by atoms with van der Waals surface area (Å²) in [7, 11) is 0. The molecule has 2 rings (SSSR count). The van der Waals surface area contributed by atoms with E-state index in [1.807, 2.05) is 0 Å². The molecule has 1 aliphatic rings. The maximum atomic E-state index is 12.6. The van der Waals surface area contributed by atoms with Crippen molar-refractivity contribution in [3.63, 3.8) is 0 Å². The van der Waals surface area contributed by atoms with Crippen LogP contribution >= 0.6 is 11.6 Å². The molecule has 1 aromatic carbocycles. The minimum absolute atomic E-state index is 0.0127. The van der Waals surface area contributed by atoms with E-state index in [0.29, 0.717) is 19.6 Å². The molecule has 4 nitrogen and oxygen atoms in total. The highest BCUT2D eigenvalue weighted by Crippen LogP contribution is 2.33. The lowest BCUT2D eigenvalue weighted by Gasteiger charge is -2.14. The number of hydrogen-bond acceptors (Lipinski definition) is 2. The van der Waals surface area contributed by atoms with Gasteiger partial charge in [0.25, 0.3) is 0 Å². The Kier molecular flexibility index (Phi) is 4.39. The fourth-order valence-electron chi connectivity index (χ4n) is 1.83. The first-order valence-electron chi connectivity index (χ1n) is 5.87. The number of halogens is 4. The van der Waals surface area contributed by atoms with Gasteiger partial charge in [-0.25, -0.2) is 4.79 Å². The van der Waals surface area contributed by atoms with Gasteiger partial charge in [0.2, 0.25) is 0 Å². The molecule has 0 aromatic heterocycles. The SMILES string of the molecule is O=C(Nc1cc(Cl)cc(C(F)(F)F)c1)NC1CCOC1. The van der Waals surface area contributed by atoms with Crippen LogP contribution in [0.4, 0.5) is 23.7 Å². The van der Waals surface area contributed by atoms with E-state index in [1.165, 1.54) is 6.07 Å². The summed E-state index contributed by atoms with van der Waals surface area (Å²) in [6.07, 6.45) is -3.84. The summed E-state index contributed by atoms with van der Waals surface area (Å²) in [4.78, 5) is 11.6. The minimum atomic E-state index is -4.52. The second-order valence-corrected chi connectivity index (χ2v) is 4.82. The van der Waals surface area contributed by atoms with Gasteiger partial charge in [0, 0.05) is 17.3 Å². The lowest BCUT2D eigenvalue weighted by Crippen LogP contribution is -2.38. The van der Waals surface area contributed by atoms with E-state index in [9.17, 15) is 18.0 Å². The highest BCUT2D eigenvalue weighted by molar-refractivity contribution is 6.31. The van der Waals surface area contributed by atoms with Crippen molar-refractivity contribution in [3.05, 3.63) is 28.8 Å². The molecule has 0 spiro atoms. The summed E-state index contributed by atoms with van der Waals surface area (Å²) in [6, 6.07) is 2.17. The van der Waals surface area contributed by atoms with Crippen LogP contribution in [0.25, 0.3) is 0 Å². The van der Waals surface area contributed by atoms with Crippen LogP contribution in [0.15, 0.2) is 18.2 Å². The van der Waals surface area contributed by atoms with Crippen LogP contribution in [0.3, 0.4) is 0 Å². The molecule has 8 heteroatoms. The van der Waals surface area contributed by atoms with Crippen LogP contribution in [0.1, 0.15) is 12.0 Å². The Morgan fingerprint density at radius 2 is 2.10 bits per heavy atom. The summed E-state index contributed by atoms with van der Waals surface area (Å²) in [5.74, 6) is 0. The van der Waals surface area contributed by atoms with Crippen molar-refractivity contribution < 1.29 is 22.7 Å². The Morgan fingerprint density at radius 1 is 1.35 bits per heavy atom. The summed E-state index contributed by atoms with van der Waals surface area (Å²) >= 11 is 5.62. The molecule has 110 valence electrons. The van der Waals surface area contributed by atoms with Gasteiger partial charge in [0.05, 0.1) is 18.2 Å². The number of rotatable bonds is 2. The van der Waals surface area contributed by atoms with Gasteiger partial charge in [-0.05, 0) is 24.6 Å². The van der Waals surface area contributed by atoms with Crippen molar-refractivity contribution in [3.8, 4) is 0 Å². The Bertz CT molecular complexity index is 502. The van der Waals surface area contributed by atoms with E-state index in [-0.39, 0.29) is 16.8 Å². The second kappa shape index (κ2) is 5.88. The Morgan fingerprint density at radius 3 is 2.70 bits per heavy atom. The topological polar surface area (TPSA) is 50.4 Å². The molecule has 1 fully saturated rings. The second-order valence-electron chi connectivity index (χ2n) is 4.39. The van der Waals surface area contributed by atoms with Gasteiger partial charge in [-0.15, -0.1) is 0 Å². The minimum Gasteiger partial charge on any atom is -0.379 e. The summed E-state index contributed by atoms with van der Waals surface area (Å²) in [6.45, 7) is 0.955. The van der Waals surface area contributed by atoms with Gasteiger partial charge in [-0.2, -0.15) is 13.2 Å². The predicted octanol–water partition coefficient (Wildman–Crippen LogP) is 3.27. The van der Waals surface area contributed by atoms with Crippen molar-refractivity contribution >= 4 is 23.3 Å². The van der Waals surface area contributed by atoms with Crippen LogP contribution in [-0.2, 0) is 10.9 Å². The molecular formula is C12H12ClF3N2O2. The third-order valence-electron chi connectivity index (χ3n) is 2.75. The largest absolute Gasteiger partial charge is 0.416 e. The molecule has 1 saturated heterocycles. The number of nitrogens with one attached hydrogen (secondary N) is 2. The Balaban J connectivity index is 2.04. The molecule has 2 N–H and O–H groups in total. The van der Waals surface area contributed by atoms with Crippen molar-refractivity contribution in [1.82, 2.24) is 5.32 Å². The number of benzene rings is 1. The quantitative estimate of drug-likeness (QED) is 0.881.